The van der Waals surface area contributed by atoms with Crippen molar-refractivity contribution in [1.29, 1.82) is 0 Å². The fourth-order valence-corrected chi connectivity index (χ4v) is 0.850. The van der Waals surface area contributed by atoms with Crippen LogP contribution in [0.15, 0.2) is 0 Å². The summed E-state index contributed by atoms with van der Waals surface area (Å²) >= 11 is 6.70. The zero-order valence-corrected chi connectivity index (χ0v) is 9.08. The van der Waals surface area contributed by atoms with Crippen molar-refractivity contribution in [1.82, 2.24) is 0 Å². The molecule has 1 nitrogen and oxygen atoms in total. The first-order valence-electron chi connectivity index (χ1n) is 2.78. The number of rotatable bonds is 2. The van der Waals surface area contributed by atoms with Crippen LogP contribution in [-0.4, -0.2) is 20.4 Å². The summed E-state index contributed by atoms with van der Waals surface area (Å²) in [6.07, 6.45) is 0. The first kappa shape index (κ1) is 9.92. The van der Waals surface area contributed by atoms with Crippen LogP contribution in [0.25, 0.3) is 0 Å². The van der Waals surface area contributed by atoms with E-state index in [-0.39, 0.29) is 4.32 Å². The maximum absolute atomic E-state index is 9.47. The van der Waals surface area contributed by atoms with Gasteiger partial charge in [-0.25, -0.2) is 0 Å². The summed E-state index contributed by atoms with van der Waals surface area (Å²) in [6, 6.07) is 0. The van der Waals surface area contributed by atoms with Crippen LogP contribution >= 0.6 is 31.9 Å². The predicted molar refractivity (Wildman–Crippen MR) is 47.4 cm³/mol. The van der Waals surface area contributed by atoms with Gasteiger partial charge in [-0.3, -0.25) is 0 Å². The molecule has 56 valence electrons. The smallest absolute Gasteiger partial charge is 0.0749 e. The number of hydrogen-bond donors (Lipinski definition) is 1. The van der Waals surface area contributed by atoms with Gasteiger partial charge < -0.3 is 5.11 Å². The molecule has 9 heavy (non-hydrogen) atoms. The van der Waals surface area contributed by atoms with Crippen molar-refractivity contribution < 1.29 is 5.11 Å². The summed E-state index contributed by atoms with van der Waals surface area (Å²) in [6.45, 7) is 5.51. The molecule has 1 unspecified atom stereocenters. The molecule has 3 heteroatoms. The number of alkyl halides is 2. The minimum atomic E-state index is -0.684. The molecule has 0 amide bonds. The second kappa shape index (κ2) is 2.89. The Morgan fingerprint density at radius 2 is 1.67 bits per heavy atom. The topological polar surface area (TPSA) is 20.2 Å². The number of halogens is 2. The van der Waals surface area contributed by atoms with Gasteiger partial charge in [0.1, 0.15) is 0 Å². The Labute approximate surface area is 73.1 Å². The Morgan fingerprint density at radius 1 is 1.33 bits per heavy atom. The minimum Gasteiger partial charge on any atom is -0.389 e. The van der Waals surface area contributed by atoms with Crippen LogP contribution in [0.4, 0.5) is 0 Å². The Hall–Kier alpha value is 0.920. The average molecular weight is 260 g/mol. The SMILES string of the molecule is CC(C)(O)C(C)(Br)CBr. The van der Waals surface area contributed by atoms with Gasteiger partial charge in [0.15, 0.2) is 0 Å². The fraction of sp³-hybridized carbons (Fsp3) is 1.00. The molecule has 0 bridgehead atoms. The van der Waals surface area contributed by atoms with E-state index in [4.69, 9.17) is 0 Å². The maximum atomic E-state index is 9.47. The summed E-state index contributed by atoms with van der Waals surface area (Å²) in [7, 11) is 0. The van der Waals surface area contributed by atoms with Crippen LogP contribution in [0.1, 0.15) is 20.8 Å². The third-order valence-corrected chi connectivity index (χ3v) is 4.65. The van der Waals surface area contributed by atoms with Gasteiger partial charge >= 0.3 is 0 Å². The molecule has 0 aromatic heterocycles. The zero-order valence-electron chi connectivity index (χ0n) is 5.91. The van der Waals surface area contributed by atoms with E-state index in [0.717, 1.165) is 5.33 Å². The summed E-state index contributed by atoms with van der Waals surface area (Å²) in [5.41, 5.74) is -0.684. The summed E-state index contributed by atoms with van der Waals surface area (Å²) in [5.74, 6) is 0. The molecule has 0 radical (unpaired) electrons. The van der Waals surface area contributed by atoms with Gasteiger partial charge in [0.05, 0.1) is 9.93 Å². The van der Waals surface area contributed by atoms with Crippen molar-refractivity contribution in [3.8, 4) is 0 Å². The van der Waals surface area contributed by atoms with Gasteiger partial charge in [0.2, 0.25) is 0 Å². The van der Waals surface area contributed by atoms with Crippen LogP contribution in [0.5, 0.6) is 0 Å². The van der Waals surface area contributed by atoms with Gasteiger partial charge in [-0.2, -0.15) is 0 Å². The monoisotopic (exact) mass is 258 g/mol. The van der Waals surface area contributed by atoms with Crippen LogP contribution in [0.2, 0.25) is 0 Å². The highest BCUT2D eigenvalue weighted by atomic mass is 79.9. The van der Waals surface area contributed by atoms with Crippen molar-refractivity contribution in [2.45, 2.75) is 30.7 Å². The average Bonchev–Trinajstić information content (AvgIpc) is 1.64. The van der Waals surface area contributed by atoms with Gasteiger partial charge in [0, 0.05) is 5.33 Å². The maximum Gasteiger partial charge on any atom is 0.0749 e. The molecule has 0 aliphatic carbocycles. The molecular weight excluding hydrogens is 248 g/mol. The molecular formula is C6H12Br2O. The van der Waals surface area contributed by atoms with Crippen molar-refractivity contribution in [2.24, 2.45) is 0 Å². The Morgan fingerprint density at radius 3 is 1.67 bits per heavy atom. The van der Waals surface area contributed by atoms with E-state index in [9.17, 15) is 5.11 Å². The molecule has 0 aliphatic heterocycles. The van der Waals surface area contributed by atoms with Gasteiger partial charge in [-0.1, -0.05) is 31.9 Å². The molecule has 0 rings (SSSR count). The number of aliphatic hydroxyl groups is 1. The van der Waals surface area contributed by atoms with Crippen LogP contribution in [-0.2, 0) is 0 Å². The minimum absolute atomic E-state index is 0.236. The van der Waals surface area contributed by atoms with Gasteiger partial charge in [-0.05, 0) is 20.8 Å². The van der Waals surface area contributed by atoms with Crippen molar-refractivity contribution in [3.05, 3.63) is 0 Å². The van der Waals surface area contributed by atoms with Gasteiger partial charge in [-0.15, -0.1) is 0 Å². The Bertz CT molecular complexity index is 93.7. The third kappa shape index (κ3) is 2.56. The van der Waals surface area contributed by atoms with E-state index in [0.29, 0.717) is 0 Å². The molecule has 1 N–H and O–H groups in total. The molecule has 0 fully saturated rings. The highest BCUT2D eigenvalue weighted by Gasteiger charge is 2.35. The lowest BCUT2D eigenvalue weighted by Gasteiger charge is -2.33. The van der Waals surface area contributed by atoms with E-state index in [1.807, 2.05) is 6.92 Å². The van der Waals surface area contributed by atoms with E-state index >= 15 is 0 Å². The molecule has 0 spiro atoms. The lowest BCUT2D eigenvalue weighted by molar-refractivity contribution is 0.0540. The lowest BCUT2D eigenvalue weighted by Crippen LogP contribution is -2.43. The van der Waals surface area contributed by atoms with E-state index in [1.54, 1.807) is 13.8 Å². The fourth-order valence-electron chi connectivity index (χ4n) is 0.164. The second-order valence-corrected chi connectivity index (χ2v) is 5.20. The Kier molecular flexibility index (Phi) is 3.18. The molecule has 0 saturated heterocycles. The lowest BCUT2D eigenvalue weighted by atomic mass is 9.95. The largest absolute Gasteiger partial charge is 0.389 e. The first-order valence-corrected chi connectivity index (χ1v) is 4.70. The van der Waals surface area contributed by atoms with E-state index in [1.165, 1.54) is 0 Å². The van der Waals surface area contributed by atoms with Gasteiger partial charge in [0.25, 0.3) is 0 Å². The first-order chi connectivity index (χ1) is 3.81. The molecule has 0 heterocycles. The quantitative estimate of drug-likeness (QED) is 0.755. The highest BCUT2D eigenvalue weighted by Crippen LogP contribution is 2.32. The summed E-state index contributed by atoms with van der Waals surface area (Å²) in [4.78, 5) is 0. The van der Waals surface area contributed by atoms with E-state index in [2.05, 4.69) is 31.9 Å². The normalized spacial score (nSPS) is 19.3. The van der Waals surface area contributed by atoms with Crippen molar-refractivity contribution in [3.63, 3.8) is 0 Å². The molecule has 0 saturated carbocycles. The zero-order chi connectivity index (χ0) is 7.71. The Balaban J connectivity index is 4.14. The van der Waals surface area contributed by atoms with E-state index < -0.39 is 5.60 Å². The standard InChI is InChI=1S/C6H12Br2O/c1-5(2,9)6(3,8)4-7/h9H,4H2,1-3H3. The molecule has 0 aromatic carbocycles. The van der Waals surface area contributed by atoms with Crippen molar-refractivity contribution in [2.75, 3.05) is 5.33 Å². The summed E-state index contributed by atoms with van der Waals surface area (Å²) < 4.78 is -0.236. The van der Waals surface area contributed by atoms with Crippen LogP contribution < -0.4 is 0 Å². The molecule has 0 aliphatic rings. The third-order valence-electron chi connectivity index (χ3n) is 1.53. The highest BCUT2D eigenvalue weighted by molar-refractivity contribution is 9.12. The van der Waals surface area contributed by atoms with Crippen molar-refractivity contribution >= 4 is 31.9 Å². The molecule has 0 aromatic rings. The second-order valence-electron chi connectivity index (χ2n) is 2.89. The summed E-state index contributed by atoms with van der Waals surface area (Å²) in [5, 5.41) is 10.2. The van der Waals surface area contributed by atoms with Crippen LogP contribution in [0.3, 0.4) is 0 Å². The molecule has 1 atom stereocenters. The number of hydrogen-bond acceptors (Lipinski definition) is 1. The predicted octanol–water partition coefficient (Wildman–Crippen LogP) is 2.31. The van der Waals surface area contributed by atoms with Crippen LogP contribution in [0, 0.1) is 0 Å².